The van der Waals surface area contributed by atoms with Gasteiger partial charge < -0.3 is 10.6 Å². The van der Waals surface area contributed by atoms with Crippen LogP contribution in [0.5, 0.6) is 0 Å². The summed E-state index contributed by atoms with van der Waals surface area (Å²) in [4.78, 5) is 4.52. The SMILES string of the molecule is CCNC(=NCCc1ccc(F)cc1)NC(C)(C)C.I. The summed E-state index contributed by atoms with van der Waals surface area (Å²) in [7, 11) is 0. The molecule has 0 spiro atoms. The summed E-state index contributed by atoms with van der Waals surface area (Å²) in [6.07, 6.45) is 0.807. The smallest absolute Gasteiger partial charge is 0.191 e. The average molecular weight is 393 g/mol. The number of nitrogens with zero attached hydrogens (tertiary/aromatic N) is 1. The fourth-order valence-electron chi connectivity index (χ4n) is 1.61. The number of hydrogen-bond acceptors (Lipinski definition) is 1. The molecule has 0 amide bonds. The third-order valence-electron chi connectivity index (χ3n) is 2.42. The van der Waals surface area contributed by atoms with Crippen LogP contribution in [0.3, 0.4) is 0 Å². The predicted molar refractivity (Wildman–Crippen MR) is 94.4 cm³/mol. The first-order chi connectivity index (χ1) is 8.90. The van der Waals surface area contributed by atoms with Crippen LogP contribution in [0, 0.1) is 5.82 Å². The van der Waals surface area contributed by atoms with Crippen molar-refractivity contribution in [2.24, 2.45) is 4.99 Å². The zero-order chi connectivity index (χ0) is 14.3. The van der Waals surface area contributed by atoms with E-state index >= 15 is 0 Å². The van der Waals surface area contributed by atoms with Crippen LogP contribution < -0.4 is 10.6 Å². The number of rotatable bonds is 4. The highest BCUT2D eigenvalue weighted by molar-refractivity contribution is 14.0. The van der Waals surface area contributed by atoms with Crippen LogP contribution in [0.25, 0.3) is 0 Å². The third-order valence-corrected chi connectivity index (χ3v) is 2.42. The van der Waals surface area contributed by atoms with Gasteiger partial charge in [0.05, 0.1) is 0 Å². The van der Waals surface area contributed by atoms with Gasteiger partial charge in [0.2, 0.25) is 0 Å². The van der Waals surface area contributed by atoms with E-state index in [1.807, 2.05) is 6.92 Å². The van der Waals surface area contributed by atoms with Crippen LogP contribution >= 0.6 is 24.0 Å². The summed E-state index contributed by atoms with van der Waals surface area (Å²) in [6, 6.07) is 6.57. The van der Waals surface area contributed by atoms with Crippen LogP contribution in [-0.2, 0) is 6.42 Å². The molecule has 114 valence electrons. The standard InChI is InChI=1S/C15H24FN3.HI/c1-5-17-14(19-15(2,3)4)18-11-10-12-6-8-13(16)9-7-12;/h6-9H,5,10-11H2,1-4H3,(H2,17,18,19);1H. The normalized spacial score (nSPS) is 11.8. The number of benzene rings is 1. The van der Waals surface area contributed by atoms with Crippen molar-refractivity contribution in [2.45, 2.75) is 39.7 Å². The fraction of sp³-hybridized carbons (Fsp3) is 0.533. The molecule has 0 saturated carbocycles. The van der Waals surface area contributed by atoms with Gasteiger partial charge >= 0.3 is 0 Å². The molecule has 0 unspecified atom stereocenters. The molecular weight excluding hydrogens is 368 g/mol. The molecule has 0 fully saturated rings. The van der Waals surface area contributed by atoms with Crippen molar-refractivity contribution >= 4 is 29.9 Å². The van der Waals surface area contributed by atoms with E-state index in [2.05, 4.69) is 36.4 Å². The Labute approximate surface area is 138 Å². The maximum Gasteiger partial charge on any atom is 0.191 e. The van der Waals surface area contributed by atoms with Crippen LogP contribution in [0.1, 0.15) is 33.3 Å². The zero-order valence-electron chi connectivity index (χ0n) is 12.7. The van der Waals surface area contributed by atoms with Crippen LogP contribution in [0.15, 0.2) is 29.3 Å². The second kappa shape index (κ2) is 9.15. The number of aliphatic imine (C=N–C) groups is 1. The molecule has 0 saturated heterocycles. The van der Waals surface area contributed by atoms with E-state index < -0.39 is 0 Å². The van der Waals surface area contributed by atoms with E-state index in [4.69, 9.17) is 0 Å². The van der Waals surface area contributed by atoms with Crippen LogP contribution in [0.2, 0.25) is 0 Å². The van der Waals surface area contributed by atoms with Gasteiger partial charge in [0.15, 0.2) is 5.96 Å². The minimum absolute atomic E-state index is 0. The Bertz CT molecular complexity index is 410. The fourth-order valence-corrected chi connectivity index (χ4v) is 1.61. The van der Waals surface area contributed by atoms with E-state index in [1.54, 1.807) is 12.1 Å². The van der Waals surface area contributed by atoms with E-state index in [0.717, 1.165) is 24.5 Å². The van der Waals surface area contributed by atoms with E-state index in [-0.39, 0.29) is 35.3 Å². The Morgan fingerprint density at radius 3 is 2.30 bits per heavy atom. The lowest BCUT2D eigenvalue weighted by molar-refractivity contribution is 0.501. The Morgan fingerprint density at radius 2 is 1.80 bits per heavy atom. The second-order valence-corrected chi connectivity index (χ2v) is 5.51. The molecule has 0 aliphatic rings. The topological polar surface area (TPSA) is 36.4 Å². The molecule has 0 aliphatic carbocycles. The number of halogens is 2. The highest BCUT2D eigenvalue weighted by atomic mass is 127. The molecule has 5 heteroatoms. The average Bonchev–Trinajstić information content (AvgIpc) is 2.30. The van der Waals surface area contributed by atoms with Gasteiger partial charge in [0, 0.05) is 18.6 Å². The lowest BCUT2D eigenvalue weighted by Gasteiger charge is -2.23. The minimum Gasteiger partial charge on any atom is -0.357 e. The molecule has 0 atom stereocenters. The van der Waals surface area contributed by atoms with Gasteiger partial charge in [-0.3, -0.25) is 4.99 Å². The van der Waals surface area contributed by atoms with Gasteiger partial charge in [0.1, 0.15) is 5.82 Å². The minimum atomic E-state index is -0.199. The van der Waals surface area contributed by atoms with Gasteiger partial charge in [-0.05, 0) is 51.8 Å². The molecule has 0 aromatic heterocycles. The predicted octanol–water partition coefficient (Wildman–Crippen LogP) is 3.34. The Hall–Kier alpha value is -0.850. The first-order valence-electron chi connectivity index (χ1n) is 6.71. The summed E-state index contributed by atoms with van der Waals surface area (Å²) in [6.45, 7) is 9.84. The van der Waals surface area contributed by atoms with Gasteiger partial charge in [0.25, 0.3) is 0 Å². The molecule has 1 aromatic rings. The van der Waals surface area contributed by atoms with Crippen molar-refractivity contribution in [3.63, 3.8) is 0 Å². The quantitative estimate of drug-likeness (QED) is 0.468. The van der Waals surface area contributed by atoms with E-state index in [9.17, 15) is 4.39 Å². The van der Waals surface area contributed by atoms with Gasteiger partial charge in [-0.1, -0.05) is 12.1 Å². The number of nitrogens with one attached hydrogen (secondary N) is 2. The van der Waals surface area contributed by atoms with Crippen molar-refractivity contribution < 1.29 is 4.39 Å². The van der Waals surface area contributed by atoms with Crippen molar-refractivity contribution in [2.75, 3.05) is 13.1 Å². The summed E-state index contributed by atoms with van der Waals surface area (Å²) in [5, 5.41) is 6.54. The number of guanidine groups is 1. The van der Waals surface area contributed by atoms with Crippen molar-refractivity contribution in [3.8, 4) is 0 Å². The lowest BCUT2D eigenvalue weighted by atomic mass is 10.1. The Balaban J connectivity index is 0.00000361. The highest BCUT2D eigenvalue weighted by Gasteiger charge is 2.11. The molecule has 0 bridgehead atoms. The molecule has 0 radical (unpaired) electrons. The Kier molecular flexibility index (Phi) is 8.76. The maximum absolute atomic E-state index is 12.8. The molecule has 1 rings (SSSR count). The first-order valence-corrected chi connectivity index (χ1v) is 6.71. The molecule has 1 aromatic carbocycles. The summed E-state index contributed by atoms with van der Waals surface area (Å²) < 4.78 is 12.8. The summed E-state index contributed by atoms with van der Waals surface area (Å²) >= 11 is 0. The monoisotopic (exact) mass is 393 g/mol. The molecule has 20 heavy (non-hydrogen) atoms. The summed E-state index contributed by atoms with van der Waals surface area (Å²) in [5.74, 6) is 0.618. The molecule has 3 nitrogen and oxygen atoms in total. The molecule has 0 aliphatic heterocycles. The van der Waals surface area contributed by atoms with Crippen LogP contribution in [-0.4, -0.2) is 24.6 Å². The van der Waals surface area contributed by atoms with Crippen LogP contribution in [0.4, 0.5) is 4.39 Å². The first kappa shape index (κ1) is 19.1. The third kappa shape index (κ3) is 8.35. The van der Waals surface area contributed by atoms with E-state index in [1.165, 1.54) is 12.1 Å². The highest BCUT2D eigenvalue weighted by Crippen LogP contribution is 2.04. The van der Waals surface area contributed by atoms with Gasteiger partial charge in [-0.2, -0.15) is 0 Å². The number of hydrogen-bond donors (Lipinski definition) is 2. The van der Waals surface area contributed by atoms with Gasteiger partial charge in [-0.25, -0.2) is 4.39 Å². The molecule has 2 N–H and O–H groups in total. The van der Waals surface area contributed by atoms with Gasteiger partial charge in [-0.15, -0.1) is 24.0 Å². The molecule has 0 heterocycles. The van der Waals surface area contributed by atoms with Crippen molar-refractivity contribution in [3.05, 3.63) is 35.6 Å². The van der Waals surface area contributed by atoms with Crippen molar-refractivity contribution in [1.29, 1.82) is 0 Å². The summed E-state index contributed by atoms with van der Waals surface area (Å²) in [5.41, 5.74) is 1.08. The van der Waals surface area contributed by atoms with E-state index in [0.29, 0.717) is 6.54 Å². The zero-order valence-corrected chi connectivity index (χ0v) is 15.0. The second-order valence-electron chi connectivity index (χ2n) is 5.51. The largest absolute Gasteiger partial charge is 0.357 e. The Morgan fingerprint density at radius 1 is 1.20 bits per heavy atom. The lowest BCUT2D eigenvalue weighted by Crippen LogP contribution is -2.47. The van der Waals surface area contributed by atoms with Crippen molar-refractivity contribution in [1.82, 2.24) is 10.6 Å². The molecular formula is C15H25FIN3. The maximum atomic E-state index is 12.8.